The molecule has 77 valence electrons. The Labute approximate surface area is 90.3 Å². The molecule has 0 fully saturated rings. The summed E-state index contributed by atoms with van der Waals surface area (Å²) in [5.74, 6) is 0. The molecule has 2 nitrogen and oxygen atoms in total. The van der Waals surface area contributed by atoms with Gasteiger partial charge in [-0.3, -0.25) is 0 Å². The van der Waals surface area contributed by atoms with E-state index in [9.17, 15) is 0 Å². The fourth-order valence-electron chi connectivity index (χ4n) is 1.78. The van der Waals surface area contributed by atoms with Gasteiger partial charge in [0.1, 0.15) is 0 Å². The molecule has 2 heteroatoms. The van der Waals surface area contributed by atoms with Gasteiger partial charge in [-0.25, -0.2) is 0 Å². The minimum absolute atomic E-state index is 0.550. The molecule has 0 aliphatic heterocycles. The van der Waals surface area contributed by atoms with Gasteiger partial charge in [0.2, 0.25) is 0 Å². The van der Waals surface area contributed by atoms with Crippen molar-refractivity contribution in [3.05, 3.63) is 59.5 Å². The molecule has 15 heavy (non-hydrogen) atoms. The van der Waals surface area contributed by atoms with Gasteiger partial charge < -0.3 is 11.5 Å². The molecule has 1 aromatic rings. The zero-order valence-corrected chi connectivity index (χ0v) is 8.61. The van der Waals surface area contributed by atoms with Gasteiger partial charge >= 0.3 is 0 Å². The third kappa shape index (κ3) is 2.01. The third-order valence-corrected chi connectivity index (χ3v) is 2.60. The molecule has 0 heterocycles. The van der Waals surface area contributed by atoms with Crippen LogP contribution in [-0.2, 0) is 13.1 Å². The molecule has 2 rings (SSSR count). The lowest BCUT2D eigenvalue weighted by atomic mass is 9.97. The molecule has 0 bridgehead atoms. The maximum atomic E-state index is 5.74. The van der Waals surface area contributed by atoms with Crippen molar-refractivity contribution in [1.29, 1.82) is 0 Å². The van der Waals surface area contributed by atoms with E-state index in [-0.39, 0.29) is 0 Å². The molecule has 0 amide bonds. The largest absolute Gasteiger partial charge is 0.326 e. The Hall–Kier alpha value is -1.38. The summed E-state index contributed by atoms with van der Waals surface area (Å²) in [6.45, 7) is 1.11. The van der Waals surface area contributed by atoms with Gasteiger partial charge in [-0.15, -0.1) is 0 Å². The Kier molecular flexibility index (Phi) is 2.99. The van der Waals surface area contributed by atoms with E-state index in [2.05, 4.69) is 30.7 Å². The normalized spacial score (nSPS) is 14.4. The number of allylic oxidation sites excluding steroid dienone is 4. The highest BCUT2D eigenvalue weighted by Crippen LogP contribution is 2.26. The van der Waals surface area contributed by atoms with E-state index in [0.717, 1.165) is 11.1 Å². The topological polar surface area (TPSA) is 52.0 Å². The number of benzene rings is 1. The SMILES string of the molecule is NCc1ccc(C2=CC=C[CH]2)c(CN)c1. The lowest BCUT2D eigenvalue weighted by Crippen LogP contribution is -2.04. The maximum Gasteiger partial charge on any atom is 0.0184 e. The van der Waals surface area contributed by atoms with Crippen molar-refractivity contribution in [3.8, 4) is 0 Å². The smallest absolute Gasteiger partial charge is 0.0184 e. The number of hydrogen-bond acceptors (Lipinski definition) is 2. The Morgan fingerprint density at radius 2 is 1.87 bits per heavy atom. The molecule has 1 aliphatic carbocycles. The Morgan fingerprint density at radius 1 is 1.00 bits per heavy atom. The van der Waals surface area contributed by atoms with E-state index in [1.807, 2.05) is 12.2 Å². The fraction of sp³-hybridized carbons (Fsp3) is 0.154. The van der Waals surface area contributed by atoms with Crippen molar-refractivity contribution >= 4 is 5.57 Å². The van der Waals surface area contributed by atoms with E-state index in [1.54, 1.807) is 0 Å². The second-order valence-electron chi connectivity index (χ2n) is 3.57. The number of hydrogen-bond donors (Lipinski definition) is 2. The van der Waals surface area contributed by atoms with Crippen molar-refractivity contribution in [2.24, 2.45) is 11.5 Å². The molecule has 1 radical (unpaired) electrons. The summed E-state index contributed by atoms with van der Waals surface area (Å²) in [6.07, 6.45) is 8.26. The van der Waals surface area contributed by atoms with Crippen LogP contribution in [-0.4, -0.2) is 0 Å². The zero-order valence-electron chi connectivity index (χ0n) is 8.61. The van der Waals surface area contributed by atoms with Gasteiger partial charge in [-0.1, -0.05) is 36.4 Å². The average molecular weight is 199 g/mol. The Morgan fingerprint density at radius 3 is 2.47 bits per heavy atom. The van der Waals surface area contributed by atoms with Crippen molar-refractivity contribution < 1.29 is 0 Å². The zero-order chi connectivity index (χ0) is 10.7. The molecule has 1 aliphatic rings. The molecular formula is C13H15N2. The van der Waals surface area contributed by atoms with Gasteiger partial charge in [0.05, 0.1) is 0 Å². The standard InChI is InChI=1S/C13H15N2/c14-8-10-5-6-13(12(7-10)9-15)11-3-1-2-4-11/h1-7H,8-9,14-15H2. The summed E-state index contributed by atoms with van der Waals surface area (Å²) in [5, 5.41) is 0. The summed E-state index contributed by atoms with van der Waals surface area (Å²) in [7, 11) is 0. The third-order valence-electron chi connectivity index (χ3n) is 2.60. The van der Waals surface area contributed by atoms with E-state index < -0.39 is 0 Å². The number of rotatable bonds is 3. The van der Waals surface area contributed by atoms with Gasteiger partial charge in [-0.2, -0.15) is 0 Å². The molecule has 0 saturated heterocycles. The summed E-state index contributed by atoms with van der Waals surface area (Å²) in [4.78, 5) is 0. The van der Waals surface area contributed by atoms with E-state index >= 15 is 0 Å². The highest BCUT2D eigenvalue weighted by atomic mass is 14.5. The van der Waals surface area contributed by atoms with Crippen LogP contribution in [0.15, 0.2) is 36.4 Å². The number of nitrogens with two attached hydrogens (primary N) is 2. The first-order valence-corrected chi connectivity index (χ1v) is 5.09. The van der Waals surface area contributed by atoms with E-state index in [1.165, 1.54) is 11.1 Å². The molecule has 0 aromatic heterocycles. The van der Waals surface area contributed by atoms with Crippen molar-refractivity contribution in [2.75, 3.05) is 0 Å². The lowest BCUT2D eigenvalue weighted by Gasteiger charge is -2.10. The summed E-state index contributed by atoms with van der Waals surface area (Å²) in [6, 6.07) is 6.24. The Bertz CT molecular complexity index is 417. The average Bonchev–Trinajstić information content (AvgIpc) is 2.81. The van der Waals surface area contributed by atoms with Gasteiger partial charge in [-0.05, 0) is 22.3 Å². The monoisotopic (exact) mass is 199 g/mol. The van der Waals surface area contributed by atoms with Crippen LogP contribution < -0.4 is 11.5 Å². The van der Waals surface area contributed by atoms with Crippen LogP contribution in [0.1, 0.15) is 16.7 Å². The second-order valence-corrected chi connectivity index (χ2v) is 3.57. The molecule has 1 aromatic carbocycles. The van der Waals surface area contributed by atoms with Gasteiger partial charge in [0, 0.05) is 19.5 Å². The van der Waals surface area contributed by atoms with Gasteiger partial charge in [0.15, 0.2) is 0 Å². The second kappa shape index (κ2) is 4.43. The van der Waals surface area contributed by atoms with Crippen LogP contribution in [0, 0.1) is 6.42 Å². The van der Waals surface area contributed by atoms with Gasteiger partial charge in [0.25, 0.3) is 0 Å². The van der Waals surface area contributed by atoms with Crippen LogP contribution in [0.25, 0.3) is 5.57 Å². The molecule has 0 saturated carbocycles. The minimum Gasteiger partial charge on any atom is -0.326 e. The van der Waals surface area contributed by atoms with Crippen LogP contribution >= 0.6 is 0 Å². The Balaban J connectivity index is 2.38. The van der Waals surface area contributed by atoms with Crippen molar-refractivity contribution in [2.45, 2.75) is 13.1 Å². The lowest BCUT2D eigenvalue weighted by molar-refractivity contribution is 1.02. The predicted octanol–water partition coefficient (Wildman–Crippen LogP) is 1.76. The van der Waals surface area contributed by atoms with E-state index in [0.29, 0.717) is 13.1 Å². The van der Waals surface area contributed by atoms with E-state index in [4.69, 9.17) is 11.5 Å². The summed E-state index contributed by atoms with van der Waals surface area (Å²) in [5.41, 5.74) is 16.1. The quantitative estimate of drug-likeness (QED) is 0.779. The highest BCUT2D eigenvalue weighted by Gasteiger charge is 2.08. The van der Waals surface area contributed by atoms with Crippen molar-refractivity contribution in [3.63, 3.8) is 0 Å². The summed E-state index contributed by atoms with van der Waals surface area (Å²) < 4.78 is 0. The first-order chi connectivity index (χ1) is 7.35. The van der Waals surface area contributed by atoms with Crippen LogP contribution in [0.4, 0.5) is 0 Å². The predicted molar refractivity (Wildman–Crippen MR) is 63.6 cm³/mol. The first kappa shape index (κ1) is 10.1. The van der Waals surface area contributed by atoms with Crippen LogP contribution in [0.5, 0.6) is 0 Å². The maximum absolute atomic E-state index is 5.74. The van der Waals surface area contributed by atoms with Crippen molar-refractivity contribution in [1.82, 2.24) is 0 Å². The molecule has 0 unspecified atom stereocenters. The molecule has 0 spiro atoms. The minimum atomic E-state index is 0.550. The molecule has 0 atom stereocenters. The van der Waals surface area contributed by atoms with Crippen LogP contribution in [0.3, 0.4) is 0 Å². The first-order valence-electron chi connectivity index (χ1n) is 5.09. The summed E-state index contributed by atoms with van der Waals surface area (Å²) >= 11 is 0. The fourth-order valence-corrected chi connectivity index (χ4v) is 1.78. The highest BCUT2D eigenvalue weighted by molar-refractivity contribution is 5.79. The molecular weight excluding hydrogens is 184 g/mol. The van der Waals surface area contributed by atoms with Crippen LogP contribution in [0.2, 0.25) is 0 Å². The molecule has 4 N–H and O–H groups in total.